The third-order valence-electron chi connectivity index (χ3n) is 5.34. The summed E-state index contributed by atoms with van der Waals surface area (Å²) in [7, 11) is 0. The van der Waals surface area contributed by atoms with Crippen molar-refractivity contribution in [1.29, 1.82) is 0 Å². The summed E-state index contributed by atoms with van der Waals surface area (Å²) in [6.45, 7) is 2.52. The minimum absolute atomic E-state index is 0.0175. The van der Waals surface area contributed by atoms with E-state index in [4.69, 9.17) is 9.15 Å². The highest BCUT2D eigenvalue weighted by Gasteiger charge is 2.17. The molecule has 0 bridgehead atoms. The number of nitrogens with one attached hydrogen (secondary N) is 2. The minimum atomic E-state index is -0.443. The van der Waals surface area contributed by atoms with E-state index in [1.807, 2.05) is 29.2 Å². The molecule has 0 unspecified atom stereocenters. The van der Waals surface area contributed by atoms with Crippen LogP contribution in [-0.2, 0) is 4.74 Å². The van der Waals surface area contributed by atoms with Gasteiger partial charge in [0.25, 0.3) is 5.69 Å². The Kier molecular flexibility index (Phi) is 7.33. The molecule has 1 saturated heterocycles. The van der Waals surface area contributed by atoms with Crippen molar-refractivity contribution in [2.75, 3.05) is 41.9 Å². The molecule has 2 aromatic carbocycles. The van der Waals surface area contributed by atoms with Crippen LogP contribution in [0.1, 0.15) is 5.76 Å². The van der Waals surface area contributed by atoms with Crippen LogP contribution >= 0.6 is 15.9 Å². The van der Waals surface area contributed by atoms with E-state index >= 15 is 0 Å². The van der Waals surface area contributed by atoms with Crippen molar-refractivity contribution in [2.45, 2.75) is 0 Å². The summed E-state index contributed by atoms with van der Waals surface area (Å²) in [5, 5.41) is 18.3. The van der Waals surface area contributed by atoms with Gasteiger partial charge in [-0.05, 0) is 42.5 Å². The van der Waals surface area contributed by atoms with Gasteiger partial charge in [0.05, 0.1) is 24.4 Å². The van der Waals surface area contributed by atoms with Gasteiger partial charge >= 0.3 is 0 Å². The monoisotopic (exact) mass is 564 g/mol. The van der Waals surface area contributed by atoms with Crippen LogP contribution in [0.15, 0.2) is 74.7 Å². The topological polar surface area (TPSA) is 144 Å². The number of aromatic nitrogens is 3. The molecule has 12 nitrogen and oxygen atoms in total. The summed E-state index contributed by atoms with van der Waals surface area (Å²) in [5.74, 6) is 2.17. The Morgan fingerprint density at radius 3 is 2.57 bits per heavy atom. The van der Waals surface area contributed by atoms with Crippen LogP contribution in [0.25, 0.3) is 11.3 Å². The first-order valence-electron chi connectivity index (χ1n) is 11.3. The second-order valence-corrected chi connectivity index (χ2v) is 8.81. The molecule has 2 N–H and O–H groups in total. The lowest BCUT2D eigenvalue weighted by atomic mass is 10.1. The molecule has 37 heavy (non-hydrogen) atoms. The number of morpholine rings is 1. The molecule has 2 aromatic heterocycles. The molecule has 0 spiro atoms. The van der Waals surface area contributed by atoms with E-state index in [2.05, 4.69) is 46.7 Å². The van der Waals surface area contributed by atoms with Crippen molar-refractivity contribution in [3.63, 3.8) is 0 Å². The highest BCUT2D eigenvalue weighted by molar-refractivity contribution is 9.10. The number of nitro groups is 1. The van der Waals surface area contributed by atoms with Gasteiger partial charge in [-0.3, -0.25) is 10.1 Å². The van der Waals surface area contributed by atoms with Crippen molar-refractivity contribution in [3.05, 3.63) is 81.0 Å². The van der Waals surface area contributed by atoms with Crippen molar-refractivity contribution >= 4 is 51.4 Å². The molecule has 1 aliphatic rings. The minimum Gasteiger partial charge on any atom is -0.455 e. The summed E-state index contributed by atoms with van der Waals surface area (Å²) in [6.07, 6.45) is 1.49. The summed E-state index contributed by atoms with van der Waals surface area (Å²) in [6, 6.07) is 17.3. The van der Waals surface area contributed by atoms with E-state index in [-0.39, 0.29) is 11.6 Å². The Labute approximate surface area is 219 Å². The van der Waals surface area contributed by atoms with E-state index in [0.29, 0.717) is 55.3 Å². The predicted molar refractivity (Wildman–Crippen MR) is 142 cm³/mol. The zero-order chi connectivity index (χ0) is 25.6. The molecule has 0 saturated carbocycles. The number of hydrogen-bond acceptors (Lipinski definition) is 11. The maximum Gasteiger partial charge on any atom is 0.269 e. The Balaban J connectivity index is 1.32. The first-order chi connectivity index (χ1) is 18.0. The number of rotatable bonds is 8. The van der Waals surface area contributed by atoms with E-state index in [1.165, 1.54) is 18.3 Å². The van der Waals surface area contributed by atoms with Crippen LogP contribution < -0.4 is 15.6 Å². The molecule has 5 rings (SSSR count). The average molecular weight is 565 g/mol. The Bertz CT molecular complexity index is 1420. The third kappa shape index (κ3) is 6.26. The molecule has 188 valence electrons. The van der Waals surface area contributed by atoms with Crippen molar-refractivity contribution in [2.24, 2.45) is 5.10 Å². The largest absolute Gasteiger partial charge is 0.455 e. The zero-order valence-electron chi connectivity index (χ0n) is 19.4. The molecule has 0 aliphatic carbocycles. The van der Waals surface area contributed by atoms with Crippen LogP contribution in [-0.4, -0.2) is 52.4 Å². The van der Waals surface area contributed by atoms with E-state index in [9.17, 15) is 10.1 Å². The average Bonchev–Trinajstić information content (AvgIpc) is 3.38. The number of ether oxygens (including phenoxy) is 1. The van der Waals surface area contributed by atoms with Gasteiger partial charge in [-0.25, -0.2) is 5.43 Å². The van der Waals surface area contributed by atoms with Crippen molar-refractivity contribution < 1.29 is 14.1 Å². The molecule has 3 heterocycles. The number of anilines is 4. The summed E-state index contributed by atoms with van der Waals surface area (Å²) < 4.78 is 12.2. The van der Waals surface area contributed by atoms with Gasteiger partial charge in [0.1, 0.15) is 11.5 Å². The number of nitrogens with zero attached hydrogens (tertiary/aromatic N) is 6. The number of non-ortho nitro benzene ring substituents is 1. The molecular weight excluding hydrogens is 544 g/mol. The third-order valence-corrected chi connectivity index (χ3v) is 5.84. The highest BCUT2D eigenvalue weighted by Crippen LogP contribution is 2.24. The van der Waals surface area contributed by atoms with Gasteiger partial charge in [0, 0.05) is 40.9 Å². The molecular formula is C24H21BrN8O4. The number of halogens is 1. The highest BCUT2D eigenvalue weighted by atomic mass is 79.9. The molecule has 1 fully saturated rings. The first kappa shape index (κ1) is 24.3. The second kappa shape index (κ2) is 11.1. The predicted octanol–water partition coefficient (Wildman–Crippen LogP) is 4.83. The number of hydrogen-bond donors (Lipinski definition) is 2. The van der Waals surface area contributed by atoms with E-state index < -0.39 is 4.92 Å². The van der Waals surface area contributed by atoms with Gasteiger partial charge in [0.2, 0.25) is 17.8 Å². The molecule has 1 aliphatic heterocycles. The van der Waals surface area contributed by atoms with Gasteiger partial charge in [0.15, 0.2) is 0 Å². The van der Waals surface area contributed by atoms with Gasteiger partial charge in [-0.15, -0.1) is 0 Å². The van der Waals surface area contributed by atoms with Crippen LogP contribution in [0.5, 0.6) is 0 Å². The lowest BCUT2D eigenvalue weighted by Crippen LogP contribution is -2.37. The molecule has 0 atom stereocenters. The van der Waals surface area contributed by atoms with Crippen molar-refractivity contribution in [1.82, 2.24) is 15.0 Å². The Morgan fingerprint density at radius 1 is 1.03 bits per heavy atom. The number of benzene rings is 2. The first-order valence-corrected chi connectivity index (χ1v) is 12.1. The second-order valence-electron chi connectivity index (χ2n) is 7.89. The van der Waals surface area contributed by atoms with Crippen LogP contribution in [0.2, 0.25) is 0 Å². The normalized spacial score (nSPS) is 13.6. The van der Waals surface area contributed by atoms with E-state index in [1.54, 1.807) is 24.3 Å². The SMILES string of the molecule is O=[N+]([O-])c1ccc(-c2ccc(/C=N/Nc3nc(Nc4cccc(Br)c4)nc(N4CCOCC4)n3)o2)cc1. The van der Waals surface area contributed by atoms with Gasteiger partial charge < -0.3 is 19.4 Å². The lowest BCUT2D eigenvalue weighted by molar-refractivity contribution is -0.384. The number of furan rings is 1. The fourth-order valence-corrected chi connectivity index (χ4v) is 3.95. The fourth-order valence-electron chi connectivity index (χ4n) is 3.55. The lowest BCUT2D eigenvalue weighted by Gasteiger charge is -2.27. The molecule has 0 amide bonds. The van der Waals surface area contributed by atoms with Crippen LogP contribution in [0, 0.1) is 10.1 Å². The Morgan fingerprint density at radius 2 is 1.81 bits per heavy atom. The van der Waals surface area contributed by atoms with Crippen LogP contribution in [0.4, 0.5) is 29.2 Å². The molecule has 0 radical (unpaired) electrons. The molecule has 4 aromatic rings. The van der Waals surface area contributed by atoms with Gasteiger partial charge in [-0.1, -0.05) is 22.0 Å². The fraction of sp³-hybridized carbons (Fsp3) is 0.167. The Hall–Kier alpha value is -4.36. The molecule has 13 heteroatoms. The summed E-state index contributed by atoms with van der Waals surface area (Å²) >= 11 is 3.47. The quantitative estimate of drug-likeness (QED) is 0.173. The maximum atomic E-state index is 10.9. The standard InChI is InChI=1S/C24H21BrN8O4/c25-17-2-1-3-18(14-17)27-22-28-23(30-24(29-22)32-10-12-36-13-11-32)31-26-15-20-8-9-21(37-20)16-4-6-19(7-5-16)33(34)35/h1-9,14-15H,10-13H2,(H2,27,28,29,30,31)/b26-15+. The van der Waals surface area contributed by atoms with Gasteiger partial charge in [-0.2, -0.15) is 20.1 Å². The summed E-state index contributed by atoms with van der Waals surface area (Å²) in [4.78, 5) is 26.0. The van der Waals surface area contributed by atoms with E-state index in [0.717, 1.165) is 10.2 Å². The smallest absolute Gasteiger partial charge is 0.269 e. The van der Waals surface area contributed by atoms with Crippen molar-refractivity contribution in [3.8, 4) is 11.3 Å². The maximum absolute atomic E-state index is 10.9. The zero-order valence-corrected chi connectivity index (χ0v) is 21.0. The summed E-state index contributed by atoms with van der Waals surface area (Å²) in [5.41, 5.74) is 4.40. The number of nitro benzene ring substituents is 1. The van der Waals surface area contributed by atoms with Crippen LogP contribution in [0.3, 0.4) is 0 Å². The number of hydrazone groups is 1.